The number of nitrogens with two attached hydrogens (primary N) is 1. The zero-order valence-electron chi connectivity index (χ0n) is 12.4. The lowest BCUT2D eigenvalue weighted by atomic mass is 10.2. The number of halogens is 1. The summed E-state index contributed by atoms with van der Waals surface area (Å²) in [7, 11) is 0. The fourth-order valence-electron chi connectivity index (χ4n) is 2.35. The van der Waals surface area contributed by atoms with Gasteiger partial charge in [-0.15, -0.1) is 0 Å². The minimum Gasteiger partial charge on any atom is -0.465 e. The molecule has 0 aliphatic heterocycles. The first-order valence-electron chi connectivity index (χ1n) is 7.31. The molecule has 1 aromatic carbocycles. The summed E-state index contributed by atoms with van der Waals surface area (Å²) in [5.74, 6) is 1.24. The van der Waals surface area contributed by atoms with Crippen molar-refractivity contribution in [3.05, 3.63) is 63.6 Å². The zero-order valence-corrected chi connectivity index (χ0v) is 13.2. The Kier molecular flexibility index (Phi) is 4.60. The lowest BCUT2D eigenvalue weighted by Gasteiger charge is -2.10. The summed E-state index contributed by atoms with van der Waals surface area (Å²) in [6.07, 6.45) is 5.82. The van der Waals surface area contributed by atoms with Crippen LogP contribution in [0.4, 0.5) is 0 Å². The highest BCUT2D eigenvalue weighted by atomic mass is 35.5. The lowest BCUT2D eigenvalue weighted by molar-refractivity contribution is 0.557. The molecule has 23 heavy (non-hydrogen) atoms. The van der Waals surface area contributed by atoms with Crippen LogP contribution in [0.3, 0.4) is 0 Å². The van der Waals surface area contributed by atoms with Crippen LogP contribution in [-0.4, -0.2) is 16.1 Å². The second kappa shape index (κ2) is 6.81. The number of benzene rings is 1. The third-order valence-corrected chi connectivity index (χ3v) is 3.71. The highest BCUT2D eigenvalue weighted by Gasteiger charge is 2.09. The molecule has 0 atom stereocenters. The van der Waals surface area contributed by atoms with Gasteiger partial charge in [0, 0.05) is 11.6 Å². The summed E-state index contributed by atoms with van der Waals surface area (Å²) in [6, 6.07) is 8.71. The van der Waals surface area contributed by atoms with E-state index in [9.17, 15) is 4.79 Å². The van der Waals surface area contributed by atoms with Crippen molar-refractivity contribution in [3.8, 4) is 0 Å². The van der Waals surface area contributed by atoms with Crippen LogP contribution in [-0.2, 0) is 6.54 Å². The van der Waals surface area contributed by atoms with E-state index in [0.29, 0.717) is 47.0 Å². The summed E-state index contributed by atoms with van der Waals surface area (Å²) >= 11 is 6.01. The van der Waals surface area contributed by atoms with Gasteiger partial charge in [0.2, 0.25) is 0 Å². The van der Waals surface area contributed by atoms with Crippen molar-refractivity contribution in [2.24, 2.45) is 5.73 Å². The monoisotopic (exact) mass is 329 g/mol. The van der Waals surface area contributed by atoms with E-state index < -0.39 is 0 Å². The van der Waals surface area contributed by atoms with Crippen LogP contribution in [0.1, 0.15) is 18.0 Å². The average Bonchev–Trinajstić information content (AvgIpc) is 3.05. The molecule has 0 radical (unpaired) electrons. The second-order valence-corrected chi connectivity index (χ2v) is 5.52. The first-order chi connectivity index (χ1) is 11.2. The molecule has 2 heterocycles. The molecule has 3 rings (SSSR count). The number of fused-ring (bicyclic) bond motifs is 1. The van der Waals surface area contributed by atoms with Crippen LogP contribution in [0.25, 0.3) is 23.1 Å². The number of rotatable bonds is 5. The summed E-state index contributed by atoms with van der Waals surface area (Å²) in [5, 5.41) is 1.09. The van der Waals surface area contributed by atoms with Gasteiger partial charge in [-0.1, -0.05) is 11.6 Å². The fourth-order valence-corrected chi connectivity index (χ4v) is 2.51. The predicted octanol–water partition coefficient (Wildman–Crippen LogP) is 3.16. The van der Waals surface area contributed by atoms with Crippen LogP contribution in [0.2, 0.25) is 5.02 Å². The number of aromatic nitrogens is 2. The maximum absolute atomic E-state index is 12.7. The van der Waals surface area contributed by atoms with E-state index in [2.05, 4.69) is 4.98 Å². The SMILES string of the molecule is NCCCn1c(C=Cc2ccco2)nc2cc(Cl)ccc2c1=O. The van der Waals surface area contributed by atoms with E-state index in [0.717, 1.165) is 0 Å². The van der Waals surface area contributed by atoms with Crippen LogP contribution < -0.4 is 11.3 Å². The van der Waals surface area contributed by atoms with E-state index in [4.69, 9.17) is 21.8 Å². The topological polar surface area (TPSA) is 74.1 Å². The van der Waals surface area contributed by atoms with Crippen LogP contribution in [0.15, 0.2) is 45.8 Å². The van der Waals surface area contributed by atoms with Gasteiger partial charge in [0.25, 0.3) is 5.56 Å². The molecule has 0 bridgehead atoms. The molecule has 6 heteroatoms. The highest BCUT2D eigenvalue weighted by molar-refractivity contribution is 6.31. The van der Waals surface area contributed by atoms with E-state index in [1.165, 1.54) is 0 Å². The summed E-state index contributed by atoms with van der Waals surface area (Å²) in [4.78, 5) is 17.3. The van der Waals surface area contributed by atoms with Crippen molar-refractivity contribution in [1.82, 2.24) is 9.55 Å². The molecule has 2 N–H and O–H groups in total. The van der Waals surface area contributed by atoms with Gasteiger partial charge < -0.3 is 10.2 Å². The van der Waals surface area contributed by atoms with E-state index in [1.807, 2.05) is 6.07 Å². The van der Waals surface area contributed by atoms with Crippen molar-refractivity contribution in [3.63, 3.8) is 0 Å². The third kappa shape index (κ3) is 3.36. The minimum atomic E-state index is -0.0980. The Balaban J connectivity index is 2.14. The Labute approximate surface area is 138 Å². The summed E-state index contributed by atoms with van der Waals surface area (Å²) in [6.45, 7) is 1.02. The molecule has 5 nitrogen and oxygen atoms in total. The smallest absolute Gasteiger partial charge is 0.261 e. The van der Waals surface area contributed by atoms with Crippen LogP contribution >= 0.6 is 11.6 Å². The largest absolute Gasteiger partial charge is 0.465 e. The Hall–Kier alpha value is -2.37. The normalized spacial score (nSPS) is 11.6. The molecular weight excluding hydrogens is 314 g/mol. The number of hydrogen-bond acceptors (Lipinski definition) is 4. The Morgan fingerprint density at radius 2 is 2.17 bits per heavy atom. The maximum Gasteiger partial charge on any atom is 0.261 e. The van der Waals surface area contributed by atoms with Crippen LogP contribution in [0, 0.1) is 0 Å². The first-order valence-corrected chi connectivity index (χ1v) is 7.68. The molecule has 0 saturated heterocycles. The molecule has 0 unspecified atom stereocenters. The van der Waals surface area contributed by atoms with Gasteiger partial charge in [0.05, 0.1) is 17.2 Å². The molecule has 118 valence electrons. The Morgan fingerprint density at radius 1 is 1.30 bits per heavy atom. The fraction of sp³-hybridized carbons (Fsp3) is 0.176. The Bertz CT molecular complexity index is 898. The standard InChI is InChI=1S/C17H16ClN3O2/c18-12-4-6-14-15(11-12)20-16(7-5-13-3-1-10-23-13)21(17(14)22)9-2-8-19/h1,3-7,10-11H,2,8-9,19H2. The molecule has 2 aromatic heterocycles. The molecule has 0 fully saturated rings. The minimum absolute atomic E-state index is 0.0980. The van der Waals surface area contributed by atoms with Gasteiger partial charge in [-0.3, -0.25) is 9.36 Å². The number of nitrogens with zero attached hydrogens (tertiary/aromatic N) is 2. The van der Waals surface area contributed by atoms with Gasteiger partial charge in [-0.2, -0.15) is 0 Å². The second-order valence-electron chi connectivity index (χ2n) is 5.08. The van der Waals surface area contributed by atoms with Gasteiger partial charge >= 0.3 is 0 Å². The van der Waals surface area contributed by atoms with Gasteiger partial charge in [0.1, 0.15) is 11.6 Å². The van der Waals surface area contributed by atoms with Crippen molar-refractivity contribution in [1.29, 1.82) is 0 Å². The number of furan rings is 1. The van der Waals surface area contributed by atoms with E-state index in [-0.39, 0.29) is 5.56 Å². The van der Waals surface area contributed by atoms with E-state index >= 15 is 0 Å². The molecule has 0 spiro atoms. The van der Waals surface area contributed by atoms with Crippen LogP contribution in [0.5, 0.6) is 0 Å². The number of hydrogen-bond donors (Lipinski definition) is 1. The van der Waals surface area contributed by atoms with Gasteiger partial charge in [0.15, 0.2) is 0 Å². The van der Waals surface area contributed by atoms with Crippen molar-refractivity contribution < 1.29 is 4.42 Å². The van der Waals surface area contributed by atoms with Crippen molar-refractivity contribution in [2.45, 2.75) is 13.0 Å². The first kappa shape index (κ1) is 15.5. The molecule has 0 aliphatic rings. The molecule has 0 saturated carbocycles. The lowest BCUT2D eigenvalue weighted by Crippen LogP contribution is -2.25. The average molecular weight is 330 g/mol. The molecular formula is C17H16ClN3O2. The summed E-state index contributed by atoms with van der Waals surface area (Å²) < 4.78 is 6.90. The maximum atomic E-state index is 12.7. The predicted molar refractivity (Wildman–Crippen MR) is 92.3 cm³/mol. The third-order valence-electron chi connectivity index (χ3n) is 3.47. The Morgan fingerprint density at radius 3 is 2.91 bits per heavy atom. The molecule has 3 aromatic rings. The summed E-state index contributed by atoms with van der Waals surface area (Å²) in [5.41, 5.74) is 6.05. The molecule has 0 aliphatic carbocycles. The van der Waals surface area contributed by atoms with E-state index in [1.54, 1.807) is 47.2 Å². The van der Waals surface area contributed by atoms with Crippen molar-refractivity contribution >= 4 is 34.7 Å². The highest BCUT2D eigenvalue weighted by Crippen LogP contribution is 2.16. The zero-order chi connectivity index (χ0) is 16.2. The van der Waals surface area contributed by atoms with Gasteiger partial charge in [-0.05, 0) is 55.4 Å². The molecule has 0 amide bonds. The van der Waals surface area contributed by atoms with Gasteiger partial charge in [-0.25, -0.2) is 4.98 Å². The quantitative estimate of drug-likeness (QED) is 0.780. The van der Waals surface area contributed by atoms with Crippen molar-refractivity contribution in [2.75, 3.05) is 6.54 Å².